The van der Waals surface area contributed by atoms with Gasteiger partial charge in [-0.15, -0.1) is 0 Å². The Labute approximate surface area is 154 Å². The number of hydrogen-bond acceptors (Lipinski definition) is 4. The third-order valence-corrected chi connectivity index (χ3v) is 5.59. The van der Waals surface area contributed by atoms with Gasteiger partial charge in [0.05, 0.1) is 5.56 Å². The summed E-state index contributed by atoms with van der Waals surface area (Å²) in [6.07, 6.45) is 5.80. The number of aromatic nitrogens is 3. The van der Waals surface area contributed by atoms with Gasteiger partial charge in [0.1, 0.15) is 5.82 Å². The van der Waals surface area contributed by atoms with E-state index in [2.05, 4.69) is 21.5 Å². The summed E-state index contributed by atoms with van der Waals surface area (Å²) in [6, 6.07) is 3.69. The van der Waals surface area contributed by atoms with Crippen LogP contribution in [0.5, 0.6) is 0 Å². The summed E-state index contributed by atoms with van der Waals surface area (Å²) in [5.74, 6) is 2.27. The number of carbonyl (C=O) groups is 1. The van der Waals surface area contributed by atoms with Crippen LogP contribution in [0.15, 0.2) is 24.5 Å². The summed E-state index contributed by atoms with van der Waals surface area (Å²) in [7, 11) is 0. The highest BCUT2D eigenvalue weighted by molar-refractivity contribution is 5.95. The molecule has 6 nitrogen and oxygen atoms in total. The van der Waals surface area contributed by atoms with Gasteiger partial charge in [-0.2, -0.15) is 0 Å². The zero-order valence-corrected chi connectivity index (χ0v) is 15.5. The normalized spacial score (nSPS) is 18.8. The lowest BCUT2D eigenvalue weighted by atomic mass is 9.96. The Hall–Kier alpha value is -2.21. The van der Waals surface area contributed by atoms with E-state index in [-0.39, 0.29) is 5.91 Å². The van der Waals surface area contributed by atoms with Gasteiger partial charge in [0.2, 0.25) is 0 Å². The van der Waals surface area contributed by atoms with E-state index in [0.29, 0.717) is 17.4 Å². The molecule has 26 heavy (non-hydrogen) atoms. The van der Waals surface area contributed by atoms with E-state index in [0.717, 1.165) is 51.4 Å². The first-order chi connectivity index (χ1) is 12.6. The minimum absolute atomic E-state index is 0.0962. The minimum atomic E-state index is 0.0962. The van der Waals surface area contributed by atoms with Crippen molar-refractivity contribution in [2.45, 2.75) is 39.2 Å². The molecule has 1 amide bonds. The van der Waals surface area contributed by atoms with E-state index in [4.69, 9.17) is 4.74 Å². The molecule has 138 valence electrons. The van der Waals surface area contributed by atoms with Crippen LogP contribution in [0.3, 0.4) is 0 Å². The van der Waals surface area contributed by atoms with Crippen molar-refractivity contribution in [1.82, 2.24) is 19.4 Å². The first-order valence-electron chi connectivity index (χ1n) is 9.44. The van der Waals surface area contributed by atoms with Gasteiger partial charge < -0.3 is 14.2 Å². The molecule has 4 rings (SSSR count). The molecule has 2 aliphatic heterocycles. The third kappa shape index (κ3) is 3.26. The number of amides is 1. The SMILES string of the molecule is Cc1ncccc1C(=O)N1CC(Cn2c(C)cnc2C2CCOCC2)C1. The fourth-order valence-corrected chi connectivity index (χ4v) is 3.99. The Balaban J connectivity index is 1.39. The molecule has 2 fully saturated rings. The Bertz CT molecular complexity index is 789. The molecule has 0 aromatic carbocycles. The molecule has 2 saturated heterocycles. The van der Waals surface area contributed by atoms with Gasteiger partial charge in [0.25, 0.3) is 5.91 Å². The predicted octanol–water partition coefficient (Wildman–Crippen LogP) is 2.56. The number of pyridine rings is 1. The molecular formula is C20H26N4O2. The van der Waals surface area contributed by atoms with Gasteiger partial charge in [-0.1, -0.05) is 0 Å². The number of hydrogen-bond donors (Lipinski definition) is 0. The Morgan fingerprint density at radius 1 is 1.23 bits per heavy atom. The van der Waals surface area contributed by atoms with Gasteiger partial charge >= 0.3 is 0 Å². The van der Waals surface area contributed by atoms with Crippen LogP contribution in [-0.4, -0.2) is 51.6 Å². The molecule has 0 unspecified atom stereocenters. The van der Waals surface area contributed by atoms with E-state index in [1.165, 1.54) is 11.5 Å². The minimum Gasteiger partial charge on any atom is -0.381 e. The maximum Gasteiger partial charge on any atom is 0.255 e. The first-order valence-corrected chi connectivity index (χ1v) is 9.44. The van der Waals surface area contributed by atoms with E-state index in [1.807, 2.05) is 30.2 Å². The summed E-state index contributed by atoms with van der Waals surface area (Å²) in [5, 5.41) is 0. The molecule has 0 N–H and O–H groups in total. The monoisotopic (exact) mass is 354 g/mol. The molecule has 2 aromatic rings. The van der Waals surface area contributed by atoms with E-state index in [9.17, 15) is 4.79 Å². The van der Waals surface area contributed by atoms with Gasteiger partial charge in [-0.05, 0) is 38.8 Å². The van der Waals surface area contributed by atoms with Crippen molar-refractivity contribution < 1.29 is 9.53 Å². The fourth-order valence-electron chi connectivity index (χ4n) is 3.99. The van der Waals surface area contributed by atoms with Crippen molar-refractivity contribution in [3.05, 3.63) is 47.3 Å². The number of carbonyl (C=O) groups excluding carboxylic acids is 1. The highest BCUT2D eigenvalue weighted by Gasteiger charge is 2.33. The molecule has 0 aliphatic carbocycles. The van der Waals surface area contributed by atoms with E-state index < -0.39 is 0 Å². The molecule has 0 bridgehead atoms. The van der Waals surface area contributed by atoms with Gasteiger partial charge in [-0.3, -0.25) is 9.78 Å². The van der Waals surface area contributed by atoms with Crippen LogP contribution in [0.2, 0.25) is 0 Å². The highest BCUT2D eigenvalue weighted by atomic mass is 16.5. The van der Waals surface area contributed by atoms with E-state index >= 15 is 0 Å². The van der Waals surface area contributed by atoms with Crippen molar-refractivity contribution in [3.63, 3.8) is 0 Å². The van der Waals surface area contributed by atoms with Crippen LogP contribution in [0.4, 0.5) is 0 Å². The summed E-state index contributed by atoms with van der Waals surface area (Å²) in [5.41, 5.74) is 2.72. The lowest BCUT2D eigenvalue weighted by Crippen LogP contribution is -2.51. The van der Waals surface area contributed by atoms with Crippen molar-refractivity contribution in [2.75, 3.05) is 26.3 Å². The van der Waals surface area contributed by atoms with Crippen LogP contribution in [0.25, 0.3) is 0 Å². The molecule has 0 saturated carbocycles. The number of rotatable bonds is 4. The molecule has 0 spiro atoms. The number of imidazole rings is 1. The Morgan fingerprint density at radius 3 is 2.73 bits per heavy atom. The molecular weight excluding hydrogens is 328 g/mol. The van der Waals surface area contributed by atoms with Gasteiger partial charge in [0, 0.05) is 68.5 Å². The average Bonchev–Trinajstić information content (AvgIpc) is 2.99. The largest absolute Gasteiger partial charge is 0.381 e. The van der Waals surface area contributed by atoms with Gasteiger partial charge in [0.15, 0.2) is 0 Å². The molecule has 0 atom stereocenters. The number of ether oxygens (including phenoxy) is 1. The summed E-state index contributed by atoms with van der Waals surface area (Å²) in [4.78, 5) is 23.5. The van der Waals surface area contributed by atoms with Crippen molar-refractivity contribution in [3.8, 4) is 0 Å². The molecule has 2 aromatic heterocycles. The molecule has 4 heterocycles. The van der Waals surface area contributed by atoms with Crippen LogP contribution in [0, 0.1) is 19.8 Å². The van der Waals surface area contributed by atoms with Crippen LogP contribution in [-0.2, 0) is 11.3 Å². The van der Waals surface area contributed by atoms with Crippen LogP contribution in [0.1, 0.15) is 46.3 Å². The predicted molar refractivity (Wildman–Crippen MR) is 98.1 cm³/mol. The molecule has 2 aliphatic rings. The van der Waals surface area contributed by atoms with Crippen LogP contribution >= 0.6 is 0 Å². The number of aryl methyl sites for hydroxylation is 2. The highest BCUT2D eigenvalue weighted by Crippen LogP contribution is 2.29. The topological polar surface area (TPSA) is 60.2 Å². The molecule has 0 radical (unpaired) electrons. The number of nitrogens with zero attached hydrogens (tertiary/aromatic N) is 4. The van der Waals surface area contributed by atoms with Crippen LogP contribution < -0.4 is 0 Å². The Kier molecular flexibility index (Phi) is 4.76. The maximum absolute atomic E-state index is 12.6. The second-order valence-electron chi connectivity index (χ2n) is 7.47. The smallest absolute Gasteiger partial charge is 0.255 e. The second kappa shape index (κ2) is 7.19. The fraction of sp³-hybridized carbons (Fsp3) is 0.550. The molecule has 6 heteroatoms. The van der Waals surface area contributed by atoms with Crippen molar-refractivity contribution >= 4 is 5.91 Å². The average molecular weight is 354 g/mol. The van der Waals surface area contributed by atoms with Gasteiger partial charge in [-0.25, -0.2) is 4.98 Å². The van der Waals surface area contributed by atoms with E-state index in [1.54, 1.807) is 6.20 Å². The van der Waals surface area contributed by atoms with Crippen molar-refractivity contribution in [2.24, 2.45) is 5.92 Å². The Morgan fingerprint density at radius 2 is 2.00 bits per heavy atom. The zero-order chi connectivity index (χ0) is 18.1. The van der Waals surface area contributed by atoms with Crippen molar-refractivity contribution in [1.29, 1.82) is 0 Å². The zero-order valence-electron chi connectivity index (χ0n) is 15.5. The quantitative estimate of drug-likeness (QED) is 0.847. The summed E-state index contributed by atoms with van der Waals surface area (Å²) < 4.78 is 7.85. The lowest BCUT2D eigenvalue weighted by Gasteiger charge is -2.40. The second-order valence-corrected chi connectivity index (χ2v) is 7.47. The first kappa shape index (κ1) is 17.2. The maximum atomic E-state index is 12.6. The summed E-state index contributed by atoms with van der Waals surface area (Å²) >= 11 is 0. The third-order valence-electron chi connectivity index (χ3n) is 5.59. The standard InChI is InChI=1S/C20H26N4O2/c1-14-10-22-19(17-5-8-26-9-6-17)24(14)13-16-11-23(12-16)20(25)18-4-3-7-21-15(18)2/h3-4,7,10,16-17H,5-6,8-9,11-13H2,1-2H3. The number of likely N-dealkylation sites (tertiary alicyclic amines) is 1. The summed E-state index contributed by atoms with van der Waals surface area (Å²) in [6.45, 7) is 8.21. The lowest BCUT2D eigenvalue weighted by molar-refractivity contribution is 0.0459.